The summed E-state index contributed by atoms with van der Waals surface area (Å²) in [7, 11) is 0. The van der Waals surface area contributed by atoms with Gasteiger partial charge in [-0.3, -0.25) is 9.59 Å². The first-order chi connectivity index (χ1) is 26.1. The monoisotopic (exact) mass is 794 g/mol. The van der Waals surface area contributed by atoms with Crippen LogP contribution >= 0.6 is 0 Å². The lowest BCUT2D eigenvalue weighted by molar-refractivity contribution is -0.324. The number of aliphatic hydroxyl groups excluding tert-OH is 7. The molecule has 0 aromatic heterocycles. The normalized spacial score (nSPS) is 54.0. The lowest BCUT2D eigenvalue weighted by atomic mass is 9.33. The van der Waals surface area contributed by atoms with Crippen molar-refractivity contribution in [3.63, 3.8) is 0 Å². The van der Waals surface area contributed by atoms with Gasteiger partial charge in [0.05, 0.1) is 29.6 Å². The second-order valence-corrected chi connectivity index (χ2v) is 20.0. The lowest BCUT2D eigenvalue weighted by Gasteiger charge is -2.70. The van der Waals surface area contributed by atoms with Gasteiger partial charge >= 0.3 is 11.9 Å². The van der Waals surface area contributed by atoms with Crippen molar-refractivity contribution in [2.75, 3.05) is 6.61 Å². The van der Waals surface area contributed by atoms with E-state index in [4.69, 9.17) is 18.9 Å². The molecule has 8 N–H and O–H groups in total. The molecule has 0 radical (unpaired) electrons. The van der Waals surface area contributed by atoms with Crippen molar-refractivity contribution in [2.45, 2.75) is 174 Å². The molecule has 6 fully saturated rings. The number of aliphatic hydroxyl groups is 7. The van der Waals surface area contributed by atoms with Gasteiger partial charge < -0.3 is 59.8 Å². The first kappa shape index (κ1) is 42.4. The van der Waals surface area contributed by atoms with Crippen LogP contribution in [0.3, 0.4) is 0 Å². The lowest BCUT2D eigenvalue weighted by Crippen LogP contribution is -2.68. The Balaban J connectivity index is 1.21. The maximum Gasteiger partial charge on any atom is 0.315 e. The second kappa shape index (κ2) is 14.5. The molecule has 2 aliphatic heterocycles. The van der Waals surface area contributed by atoms with Crippen molar-refractivity contribution in [1.29, 1.82) is 0 Å². The molecular weight excluding hydrogens is 728 g/mol. The van der Waals surface area contributed by atoms with Crippen LogP contribution in [0.25, 0.3) is 0 Å². The molecule has 5 aliphatic carbocycles. The Labute approximate surface area is 329 Å². The van der Waals surface area contributed by atoms with Gasteiger partial charge in [0.1, 0.15) is 42.7 Å². The van der Waals surface area contributed by atoms with Gasteiger partial charge in [-0.1, -0.05) is 53.2 Å². The van der Waals surface area contributed by atoms with Crippen LogP contribution in [0.15, 0.2) is 11.6 Å². The minimum atomic E-state index is -1.74. The van der Waals surface area contributed by atoms with Crippen molar-refractivity contribution in [2.24, 2.45) is 56.7 Å². The Hall–Kier alpha value is -1.72. The molecule has 0 amide bonds. The Morgan fingerprint density at radius 1 is 0.768 bits per heavy atom. The number of esters is 1. The number of ether oxygens (including phenoxy) is 4. The fourth-order valence-corrected chi connectivity index (χ4v) is 13.9. The van der Waals surface area contributed by atoms with Gasteiger partial charge in [0.25, 0.3) is 0 Å². The number of carbonyl (C=O) groups excluding carboxylic acids is 1. The molecule has 14 heteroatoms. The number of carboxylic acids is 1. The van der Waals surface area contributed by atoms with Crippen LogP contribution in [0.1, 0.15) is 106 Å². The third-order valence-corrected chi connectivity index (χ3v) is 17.3. The van der Waals surface area contributed by atoms with E-state index in [0.29, 0.717) is 32.1 Å². The van der Waals surface area contributed by atoms with E-state index in [1.807, 2.05) is 0 Å². The van der Waals surface area contributed by atoms with Gasteiger partial charge in [0, 0.05) is 0 Å². The SMILES string of the molecule is C[C@@H]1[C@@H](C)CC[C@]2(C(=O)O[C@@H]3O[C@H](CO)[C@@H](O)[C@H](O)[C@H]3O)CC[C@]3(C(=O)O)C(=CC[C@@H]4[C@@]5(C)CC[C@H](O[C@@H]6O[C@H](C)[C@@H](O)[C@H](O)[C@H]6O)C(C)(C)[C@@H]5CC[C@]43C)[C@@H]12. The zero-order valence-electron chi connectivity index (χ0n) is 33.9. The summed E-state index contributed by atoms with van der Waals surface area (Å²) in [6, 6.07) is 0. The average Bonchev–Trinajstić information content (AvgIpc) is 3.14. The molecule has 4 saturated carbocycles. The van der Waals surface area contributed by atoms with E-state index >= 15 is 0 Å². The summed E-state index contributed by atoms with van der Waals surface area (Å²) < 4.78 is 23.9. The van der Waals surface area contributed by atoms with E-state index in [-0.39, 0.29) is 48.0 Å². The highest BCUT2D eigenvalue weighted by molar-refractivity contribution is 5.85. The summed E-state index contributed by atoms with van der Waals surface area (Å²) in [4.78, 5) is 28.8. The van der Waals surface area contributed by atoms with Crippen LogP contribution in [0.4, 0.5) is 0 Å². The number of rotatable bonds is 6. The topological polar surface area (TPSA) is 233 Å². The van der Waals surface area contributed by atoms with Crippen molar-refractivity contribution >= 4 is 11.9 Å². The van der Waals surface area contributed by atoms with Crippen molar-refractivity contribution < 1.29 is 69.4 Å². The van der Waals surface area contributed by atoms with Crippen LogP contribution in [0.5, 0.6) is 0 Å². The van der Waals surface area contributed by atoms with Crippen LogP contribution in [0, 0.1) is 56.7 Å². The van der Waals surface area contributed by atoms with Crippen molar-refractivity contribution in [3.05, 3.63) is 11.6 Å². The number of allylic oxidation sites excluding steroid dienone is 1. The van der Waals surface area contributed by atoms with Gasteiger partial charge in [0.15, 0.2) is 6.29 Å². The van der Waals surface area contributed by atoms with Crippen molar-refractivity contribution in [1.82, 2.24) is 0 Å². The second-order valence-electron chi connectivity index (χ2n) is 20.0. The van der Waals surface area contributed by atoms with E-state index in [1.165, 1.54) is 0 Å². The molecule has 7 rings (SSSR count). The fourth-order valence-electron chi connectivity index (χ4n) is 13.9. The molecule has 0 aromatic rings. The van der Waals surface area contributed by atoms with Crippen LogP contribution in [0.2, 0.25) is 0 Å². The number of carboxylic acid groups (broad SMARTS) is 1. The van der Waals surface area contributed by atoms with Gasteiger partial charge in [0.2, 0.25) is 6.29 Å². The number of aliphatic carboxylic acids is 1. The molecular formula is C42H66O14. The van der Waals surface area contributed by atoms with E-state index in [2.05, 4.69) is 47.6 Å². The molecule has 2 heterocycles. The predicted octanol–water partition coefficient (Wildman–Crippen LogP) is 2.26. The molecule has 318 valence electrons. The molecule has 7 aliphatic rings. The molecule has 0 aromatic carbocycles. The Morgan fingerprint density at radius 2 is 1.43 bits per heavy atom. The summed E-state index contributed by atoms with van der Waals surface area (Å²) in [6.45, 7) is 14.0. The molecule has 14 nitrogen and oxygen atoms in total. The standard InChI is InChI=1S/C42H66O14/c1-19-10-15-41(37(52)56-35-33(49)31(47)29(45)23(18-43)54-35)16-17-42(36(50)51)22(27(41)20(19)2)8-9-25-39(6)13-12-26(38(4,5)24(39)11-14-40(25,42)7)55-34-32(48)30(46)28(44)21(3)53-34/h8,19-21,23-35,43-49H,9-18H2,1-7H3,(H,50,51)/t19-,20+,21+,23+,24-,25+,26-,27+,28+,29+,30-,31-,32+,33+,34-,35-,39-,40+,41-,42+/m0/s1. The van der Waals surface area contributed by atoms with Crippen LogP contribution < -0.4 is 0 Å². The largest absolute Gasteiger partial charge is 0.481 e. The first-order valence-corrected chi connectivity index (χ1v) is 20.9. The minimum absolute atomic E-state index is 0.00720. The molecule has 56 heavy (non-hydrogen) atoms. The maximum absolute atomic E-state index is 14.6. The average molecular weight is 795 g/mol. The number of carbonyl (C=O) groups is 2. The summed E-state index contributed by atoms with van der Waals surface area (Å²) >= 11 is 0. The van der Waals surface area contributed by atoms with E-state index in [1.54, 1.807) is 6.92 Å². The van der Waals surface area contributed by atoms with Gasteiger partial charge in [-0.15, -0.1) is 0 Å². The quantitative estimate of drug-likeness (QED) is 0.110. The minimum Gasteiger partial charge on any atom is -0.481 e. The van der Waals surface area contributed by atoms with E-state index < -0.39 is 108 Å². The van der Waals surface area contributed by atoms with Crippen molar-refractivity contribution in [3.8, 4) is 0 Å². The highest BCUT2D eigenvalue weighted by atomic mass is 16.7. The molecule has 0 spiro atoms. The predicted molar refractivity (Wildman–Crippen MR) is 198 cm³/mol. The summed E-state index contributed by atoms with van der Waals surface area (Å²) in [6.07, 6.45) is -6.91. The van der Waals surface area contributed by atoms with Crippen LogP contribution in [-0.4, -0.2) is 127 Å². The summed E-state index contributed by atoms with van der Waals surface area (Å²) in [5, 5.41) is 84.5. The van der Waals surface area contributed by atoms with Gasteiger partial charge in [-0.05, 0) is 111 Å². The Morgan fingerprint density at radius 3 is 2.09 bits per heavy atom. The molecule has 0 unspecified atom stereocenters. The summed E-state index contributed by atoms with van der Waals surface area (Å²) in [5.74, 6) is -1.73. The number of hydrogen-bond donors (Lipinski definition) is 8. The number of fused-ring (bicyclic) bond motifs is 7. The Kier molecular flexibility index (Phi) is 11.0. The number of hydrogen-bond acceptors (Lipinski definition) is 13. The highest BCUT2D eigenvalue weighted by Crippen LogP contribution is 2.76. The highest BCUT2D eigenvalue weighted by Gasteiger charge is 2.74. The van der Waals surface area contributed by atoms with Gasteiger partial charge in [-0.25, -0.2) is 0 Å². The third-order valence-electron chi connectivity index (χ3n) is 17.3. The third kappa shape index (κ3) is 5.85. The first-order valence-electron chi connectivity index (χ1n) is 20.9. The smallest absolute Gasteiger partial charge is 0.315 e. The zero-order chi connectivity index (χ0) is 41.1. The van der Waals surface area contributed by atoms with Crippen LogP contribution in [-0.2, 0) is 28.5 Å². The van der Waals surface area contributed by atoms with E-state index in [9.17, 15) is 50.4 Å². The zero-order valence-corrected chi connectivity index (χ0v) is 33.9. The molecule has 2 saturated heterocycles. The Bertz CT molecular complexity index is 1550. The maximum atomic E-state index is 14.6. The van der Waals surface area contributed by atoms with E-state index in [0.717, 1.165) is 18.4 Å². The fraction of sp³-hybridized carbons (Fsp3) is 0.905. The molecule has 0 bridgehead atoms. The van der Waals surface area contributed by atoms with Gasteiger partial charge in [-0.2, -0.15) is 0 Å². The molecule has 20 atom stereocenters. The summed E-state index contributed by atoms with van der Waals surface area (Å²) in [5.41, 5.74) is -2.93.